The summed E-state index contributed by atoms with van der Waals surface area (Å²) >= 11 is 4.84. The molecule has 26 heavy (non-hydrogen) atoms. The molecular formula is C18H17BrN4O2S. The Kier molecular flexibility index (Phi) is 5.95. The Morgan fingerprint density at radius 1 is 1.23 bits per heavy atom. The van der Waals surface area contributed by atoms with Crippen molar-refractivity contribution in [2.45, 2.75) is 26.3 Å². The number of carbonyl (C=O) groups is 1. The summed E-state index contributed by atoms with van der Waals surface area (Å²) in [5.41, 5.74) is 1.15. The van der Waals surface area contributed by atoms with Gasteiger partial charge >= 0.3 is 0 Å². The highest BCUT2D eigenvalue weighted by atomic mass is 79.9. The number of anilines is 1. The number of nitrogens with zero attached hydrogens (tertiary/aromatic N) is 3. The van der Waals surface area contributed by atoms with E-state index in [-0.39, 0.29) is 17.2 Å². The second-order valence-corrected chi connectivity index (χ2v) is 7.70. The fourth-order valence-electron chi connectivity index (χ4n) is 2.35. The van der Waals surface area contributed by atoms with Gasteiger partial charge < -0.3 is 0 Å². The number of amides is 1. The maximum Gasteiger partial charge on any atom is 0.277 e. The number of hydrogen-bond donors (Lipinski definition) is 1. The van der Waals surface area contributed by atoms with E-state index in [1.54, 1.807) is 6.20 Å². The first-order chi connectivity index (χ1) is 12.5. The van der Waals surface area contributed by atoms with Crippen LogP contribution in [0.2, 0.25) is 0 Å². The summed E-state index contributed by atoms with van der Waals surface area (Å²) in [6, 6.07) is 10.9. The molecule has 0 radical (unpaired) electrons. The summed E-state index contributed by atoms with van der Waals surface area (Å²) in [5, 5.41) is 7.36. The van der Waals surface area contributed by atoms with Crippen molar-refractivity contribution in [1.82, 2.24) is 14.8 Å². The molecule has 134 valence electrons. The van der Waals surface area contributed by atoms with Gasteiger partial charge in [0.05, 0.1) is 0 Å². The van der Waals surface area contributed by atoms with E-state index in [0.29, 0.717) is 11.7 Å². The zero-order valence-corrected chi connectivity index (χ0v) is 16.5. The van der Waals surface area contributed by atoms with Gasteiger partial charge in [-0.15, -0.1) is 11.3 Å². The molecule has 0 atom stereocenters. The van der Waals surface area contributed by atoms with Crippen LogP contribution in [-0.4, -0.2) is 20.7 Å². The Morgan fingerprint density at radius 3 is 2.73 bits per heavy atom. The zero-order chi connectivity index (χ0) is 18.5. The SMILES string of the molecule is CCCn1nc(C(=O)Nc2ncc(Cc3ccc(Br)cc3)s2)ccc1=O. The molecular weight excluding hydrogens is 416 g/mol. The predicted molar refractivity (Wildman–Crippen MR) is 106 cm³/mol. The van der Waals surface area contributed by atoms with Crippen molar-refractivity contribution in [2.75, 3.05) is 5.32 Å². The maximum atomic E-state index is 12.4. The van der Waals surface area contributed by atoms with E-state index in [1.807, 2.05) is 31.2 Å². The molecule has 2 heterocycles. The van der Waals surface area contributed by atoms with Crippen LogP contribution in [0.4, 0.5) is 5.13 Å². The van der Waals surface area contributed by atoms with E-state index >= 15 is 0 Å². The Morgan fingerprint density at radius 2 is 2.00 bits per heavy atom. The highest BCUT2D eigenvalue weighted by Crippen LogP contribution is 2.22. The van der Waals surface area contributed by atoms with Crippen molar-refractivity contribution in [3.63, 3.8) is 0 Å². The summed E-state index contributed by atoms with van der Waals surface area (Å²) in [4.78, 5) is 29.4. The highest BCUT2D eigenvalue weighted by Gasteiger charge is 2.12. The van der Waals surface area contributed by atoms with Crippen molar-refractivity contribution < 1.29 is 4.79 Å². The Labute approximate surface area is 163 Å². The van der Waals surface area contributed by atoms with Gasteiger partial charge in [-0.3, -0.25) is 14.9 Å². The van der Waals surface area contributed by atoms with Crippen LogP contribution >= 0.6 is 27.3 Å². The molecule has 0 bridgehead atoms. The molecule has 6 nitrogen and oxygen atoms in total. The van der Waals surface area contributed by atoms with Crippen LogP contribution in [0.5, 0.6) is 0 Å². The van der Waals surface area contributed by atoms with Gasteiger partial charge in [0, 0.05) is 34.6 Å². The number of hydrogen-bond acceptors (Lipinski definition) is 5. The minimum atomic E-state index is -0.376. The van der Waals surface area contributed by atoms with Crippen LogP contribution in [0.15, 0.2) is 51.9 Å². The number of halogens is 1. The highest BCUT2D eigenvalue weighted by molar-refractivity contribution is 9.10. The molecule has 1 aromatic carbocycles. The van der Waals surface area contributed by atoms with Gasteiger partial charge in [-0.1, -0.05) is 35.0 Å². The minimum Gasteiger partial charge on any atom is -0.296 e. The molecule has 0 unspecified atom stereocenters. The second-order valence-electron chi connectivity index (χ2n) is 5.67. The molecule has 0 aliphatic rings. The Balaban J connectivity index is 1.68. The summed E-state index contributed by atoms with van der Waals surface area (Å²) in [5.74, 6) is -0.376. The number of aromatic nitrogens is 3. The maximum absolute atomic E-state index is 12.4. The lowest BCUT2D eigenvalue weighted by atomic mass is 10.1. The summed E-state index contributed by atoms with van der Waals surface area (Å²) in [6.45, 7) is 2.43. The normalized spacial score (nSPS) is 10.7. The monoisotopic (exact) mass is 432 g/mol. The number of rotatable bonds is 6. The molecule has 1 N–H and O–H groups in total. The van der Waals surface area contributed by atoms with Crippen LogP contribution in [0.1, 0.15) is 34.3 Å². The largest absolute Gasteiger partial charge is 0.296 e. The first kappa shape index (κ1) is 18.5. The third-order valence-corrected chi connectivity index (χ3v) is 5.04. The van der Waals surface area contributed by atoms with Gasteiger partial charge in [0.25, 0.3) is 11.5 Å². The minimum absolute atomic E-state index is 0.197. The number of aryl methyl sites for hydroxylation is 1. The molecule has 0 spiro atoms. The molecule has 0 aliphatic carbocycles. The van der Waals surface area contributed by atoms with E-state index in [9.17, 15) is 9.59 Å². The predicted octanol–water partition coefficient (Wildman–Crippen LogP) is 3.72. The van der Waals surface area contributed by atoms with E-state index in [1.165, 1.54) is 33.7 Å². The van der Waals surface area contributed by atoms with Crippen molar-refractivity contribution in [2.24, 2.45) is 0 Å². The van der Waals surface area contributed by atoms with Crippen molar-refractivity contribution >= 4 is 38.3 Å². The van der Waals surface area contributed by atoms with E-state index < -0.39 is 0 Å². The smallest absolute Gasteiger partial charge is 0.277 e. The van der Waals surface area contributed by atoms with Crippen LogP contribution in [0, 0.1) is 0 Å². The quantitative estimate of drug-likeness (QED) is 0.643. The zero-order valence-electron chi connectivity index (χ0n) is 14.1. The second kappa shape index (κ2) is 8.37. The number of thiazole rings is 1. The summed E-state index contributed by atoms with van der Waals surface area (Å²) in [7, 11) is 0. The van der Waals surface area contributed by atoms with Gasteiger partial charge in [-0.25, -0.2) is 9.67 Å². The fourth-order valence-corrected chi connectivity index (χ4v) is 3.46. The molecule has 3 aromatic rings. The van der Waals surface area contributed by atoms with Crippen molar-refractivity contribution in [3.05, 3.63) is 73.6 Å². The van der Waals surface area contributed by atoms with Gasteiger partial charge in [0.15, 0.2) is 5.13 Å². The molecule has 2 aromatic heterocycles. The van der Waals surface area contributed by atoms with E-state index in [2.05, 4.69) is 31.3 Å². The van der Waals surface area contributed by atoms with Crippen LogP contribution in [0.3, 0.4) is 0 Å². The van der Waals surface area contributed by atoms with Crippen LogP contribution in [0.25, 0.3) is 0 Å². The third kappa shape index (κ3) is 4.64. The molecule has 1 amide bonds. The summed E-state index contributed by atoms with van der Waals surface area (Å²) in [6.07, 6.45) is 3.28. The lowest BCUT2D eigenvalue weighted by Gasteiger charge is -2.05. The number of benzene rings is 1. The molecule has 3 rings (SSSR count). The van der Waals surface area contributed by atoms with E-state index in [4.69, 9.17) is 0 Å². The first-order valence-electron chi connectivity index (χ1n) is 8.14. The standard InChI is InChI=1S/C18H17BrN4O2S/c1-2-9-23-16(24)8-7-15(22-23)17(25)21-18-20-11-14(26-18)10-12-3-5-13(19)6-4-12/h3-8,11H,2,9-10H2,1H3,(H,20,21,25). The Bertz CT molecular complexity index is 966. The van der Waals surface area contributed by atoms with Gasteiger partial charge in [0.1, 0.15) is 5.69 Å². The number of carbonyl (C=O) groups excluding carboxylic acids is 1. The lowest BCUT2D eigenvalue weighted by Crippen LogP contribution is -2.26. The summed E-state index contributed by atoms with van der Waals surface area (Å²) < 4.78 is 2.34. The van der Waals surface area contributed by atoms with Gasteiger partial charge in [0.2, 0.25) is 0 Å². The lowest BCUT2D eigenvalue weighted by molar-refractivity contribution is 0.101. The Hall–Kier alpha value is -2.32. The third-order valence-electron chi connectivity index (χ3n) is 3.60. The van der Waals surface area contributed by atoms with Crippen LogP contribution < -0.4 is 10.9 Å². The number of nitrogens with one attached hydrogen (secondary N) is 1. The molecule has 0 saturated heterocycles. The fraction of sp³-hybridized carbons (Fsp3) is 0.222. The molecule has 0 fully saturated rings. The molecule has 0 aliphatic heterocycles. The topological polar surface area (TPSA) is 76.9 Å². The van der Waals surface area contributed by atoms with Crippen molar-refractivity contribution in [3.8, 4) is 0 Å². The first-order valence-corrected chi connectivity index (χ1v) is 9.75. The average molecular weight is 433 g/mol. The molecule has 0 saturated carbocycles. The molecule has 8 heteroatoms. The van der Waals surface area contributed by atoms with Crippen molar-refractivity contribution in [1.29, 1.82) is 0 Å². The average Bonchev–Trinajstić information content (AvgIpc) is 3.06. The van der Waals surface area contributed by atoms with Gasteiger partial charge in [-0.2, -0.15) is 5.10 Å². The van der Waals surface area contributed by atoms with Gasteiger partial charge in [-0.05, 0) is 30.2 Å². The van der Waals surface area contributed by atoms with E-state index in [0.717, 1.165) is 22.2 Å². The van der Waals surface area contributed by atoms with Crippen LogP contribution in [-0.2, 0) is 13.0 Å².